The molecule has 0 aliphatic carbocycles. The second kappa shape index (κ2) is 67.2. The summed E-state index contributed by atoms with van der Waals surface area (Å²) in [5, 5.41) is 10.6. The number of aliphatic hydroxyl groups is 1. The fourth-order valence-corrected chi connectivity index (χ4v) is 13.5. The van der Waals surface area contributed by atoms with Crippen molar-refractivity contribution in [3.8, 4) is 0 Å². The molecule has 0 saturated carbocycles. The molecule has 0 aromatic rings. The molecule has 0 aromatic heterocycles. The summed E-state index contributed by atoms with van der Waals surface area (Å²) in [5.41, 5.74) is 0. The maximum atomic E-state index is 13.1. The van der Waals surface area contributed by atoms with Crippen LogP contribution >= 0.6 is 15.6 Å². The summed E-state index contributed by atoms with van der Waals surface area (Å²) in [4.78, 5) is 72.9. The van der Waals surface area contributed by atoms with E-state index in [1.165, 1.54) is 193 Å². The van der Waals surface area contributed by atoms with Gasteiger partial charge in [-0.25, -0.2) is 9.13 Å². The maximum Gasteiger partial charge on any atom is 0.472 e. The molecule has 0 amide bonds. The van der Waals surface area contributed by atoms with E-state index in [0.29, 0.717) is 31.6 Å². The number of rotatable bonds is 75. The summed E-state index contributed by atoms with van der Waals surface area (Å²) >= 11 is 0. The van der Waals surface area contributed by atoms with Crippen molar-refractivity contribution in [3.05, 3.63) is 0 Å². The van der Waals surface area contributed by atoms with E-state index in [1.54, 1.807) is 0 Å². The van der Waals surface area contributed by atoms with Crippen LogP contribution in [0.1, 0.15) is 396 Å². The highest BCUT2D eigenvalue weighted by Crippen LogP contribution is 2.45. The first kappa shape index (κ1) is 95.1. The van der Waals surface area contributed by atoms with Crippen molar-refractivity contribution in [1.82, 2.24) is 0 Å². The van der Waals surface area contributed by atoms with Gasteiger partial charge in [0.15, 0.2) is 12.2 Å². The highest BCUT2D eigenvalue weighted by Gasteiger charge is 2.30. The van der Waals surface area contributed by atoms with Gasteiger partial charge < -0.3 is 33.8 Å². The number of hydrogen-bond acceptors (Lipinski definition) is 15. The Hall–Kier alpha value is -1.94. The predicted octanol–water partition coefficient (Wildman–Crippen LogP) is 22.8. The lowest BCUT2D eigenvalue weighted by molar-refractivity contribution is -0.161. The van der Waals surface area contributed by atoms with Crippen molar-refractivity contribution in [1.29, 1.82) is 0 Å². The first-order valence-corrected chi connectivity index (χ1v) is 43.2. The highest BCUT2D eigenvalue weighted by molar-refractivity contribution is 7.47. The van der Waals surface area contributed by atoms with Crippen molar-refractivity contribution in [2.24, 2.45) is 23.7 Å². The number of phosphoric ester groups is 2. The van der Waals surface area contributed by atoms with E-state index < -0.39 is 97.5 Å². The minimum atomic E-state index is -4.96. The lowest BCUT2D eigenvalue weighted by atomic mass is 9.99. The Morgan fingerprint density at radius 1 is 0.289 bits per heavy atom. The lowest BCUT2D eigenvalue weighted by Crippen LogP contribution is -2.30. The fraction of sp³-hybridized carbons (Fsp3) is 0.949. The van der Waals surface area contributed by atoms with Crippen molar-refractivity contribution in [2.45, 2.75) is 414 Å². The molecule has 17 nitrogen and oxygen atoms in total. The number of aliphatic hydroxyl groups excluding tert-OH is 1. The Kier molecular flexibility index (Phi) is 65.9. The van der Waals surface area contributed by atoms with E-state index in [4.69, 9.17) is 37.0 Å². The molecule has 0 fully saturated rings. The third kappa shape index (κ3) is 70.9. The molecule has 4 unspecified atom stereocenters. The molecule has 0 saturated heterocycles. The molecule has 0 aromatic carbocycles. The molecule has 0 bridgehead atoms. The summed E-state index contributed by atoms with van der Waals surface area (Å²) in [6, 6.07) is 0. The average Bonchev–Trinajstić information content (AvgIpc) is 1.45. The number of unbranched alkanes of at least 4 members (excludes halogenated alkanes) is 40. The number of ether oxygens (including phenoxy) is 4. The molecule has 0 heterocycles. The van der Waals surface area contributed by atoms with Crippen LogP contribution in [-0.2, 0) is 65.4 Å². The average molecular weight is 1420 g/mol. The molecule has 0 rings (SSSR count). The van der Waals surface area contributed by atoms with Gasteiger partial charge in [-0.05, 0) is 49.4 Å². The van der Waals surface area contributed by atoms with Crippen LogP contribution in [0.4, 0.5) is 0 Å². The van der Waals surface area contributed by atoms with Gasteiger partial charge in [0.2, 0.25) is 0 Å². The summed E-state index contributed by atoms with van der Waals surface area (Å²) < 4.78 is 68.6. The first-order chi connectivity index (χ1) is 46.6. The van der Waals surface area contributed by atoms with Gasteiger partial charge >= 0.3 is 39.5 Å². The normalized spacial score (nSPS) is 14.4. The van der Waals surface area contributed by atoms with Crippen LogP contribution in [0, 0.1) is 23.7 Å². The lowest BCUT2D eigenvalue weighted by Gasteiger charge is -2.21. The third-order valence-corrected chi connectivity index (χ3v) is 20.3. The Balaban J connectivity index is 5.22. The molecule has 0 aliphatic heterocycles. The number of phosphoric acid groups is 2. The fourth-order valence-electron chi connectivity index (χ4n) is 11.9. The second-order valence-electron chi connectivity index (χ2n) is 29.8. The van der Waals surface area contributed by atoms with E-state index >= 15 is 0 Å². The van der Waals surface area contributed by atoms with E-state index in [0.717, 1.165) is 114 Å². The molecular formula is C78H152O17P2. The zero-order chi connectivity index (χ0) is 71.7. The Morgan fingerprint density at radius 2 is 0.495 bits per heavy atom. The maximum absolute atomic E-state index is 13.1. The first-order valence-electron chi connectivity index (χ1n) is 40.2. The van der Waals surface area contributed by atoms with Crippen molar-refractivity contribution >= 4 is 39.5 Å². The van der Waals surface area contributed by atoms with Crippen molar-refractivity contribution in [3.63, 3.8) is 0 Å². The Morgan fingerprint density at radius 3 is 0.732 bits per heavy atom. The molecule has 0 radical (unpaired) electrons. The van der Waals surface area contributed by atoms with Gasteiger partial charge in [-0.2, -0.15) is 0 Å². The smallest absolute Gasteiger partial charge is 0.462 e. The van der Waals surface area contributed by atoms with Crippen LogP contribution in [0.25, 0.3) is 0 Å². The molecular weight excluding hydrogens is 1270 g/mol. The molecule has 0 spiro atoms. The van der Waals surface area contributed by atoms with Gasteiger partial charge in [0.25, 0.3) is 0 Å². The minimum Gasteiger partial charge on any atom is -0.462 e. The van der Waals surface area contributed by atoms with Gasteiger partial charge in [0.05, 0.1) is 26.4 Å². The van der Waals surface area contributed by atoms with Crippen LogP contribution in [-0.4, -0.2) is 96.7 Å². The quantitative estimate of drug-likeness (QED) is 0.0222. The van der Waals surface area contributed by atoms with Gasteiger partial charge in [-0.15, -0.1) is 0 Å². The van der Waals surface area contributed by atoms with Gasteiger partial charge in [0, 0.05) is 25.7 Å². The second-order valence-corrected chi connectivity index (χ2v) is 32.7. The minimum absolute atomic E-state index is 0.105. The molecule has 97 heavy (non-hydrogen) atoms. The largest absolute Gasteiger partial charge is 0.472 e. The Labute approximate surface area is 594 Å². The van der Waals surface area contributed by atoms with Crippen LogP contribution in [0.15, 0.2) is 0 Å². The van der Waals surface area contributed by atoms with Crippen molar-refractivity contribution < 1.29 is 80.2 Å². The third-order valence-electron chi connectivity index (χ3n) is 18.4. The van der Waals surface area contributed by atoms with E-state index in [-0.39, 0.29) is 25.7 Å². The van der Waals surface area contributed by atoms with Gasteiger partial charge in [0.1, 0.15) is 19.3 Å². The number of esters is 4. The highest BCUT2D eigenvalue weighted by atomic mass is 31.2. The SMILES string of the molecule is CCC(C)CCCCCCCCCCCCCCCCC(=O)OC[C@H](COP(=O)(O)OCC(O)COP(=O)(O)OC[C@@H](COC(=O)CCCCCCCCCC(C)C)OC(=O)CCCCCCCCCCCCCCCCC(C)C)OC(=O)CCCCCCCCCCCC(C)C. The molecule has 0 aliphatic rings. The molecule has 3 N–H and O–H groups in total. The predicted molar refractivity (Wildman–Crippen MR) is 395 cm³/mol. The summed E-state index contributed by atoms with van der Waals surface area (Å²) in [6.45, 7) is 14.2. The van der Waals surface area contributed by atoms with E-state index in [1.807, 2.05) is 0 Å². The number of carbonyl (C=O) groups is 4. The molecule has 19 heteroatoms. The molecule has 576 valence electrons. The number of hydrogen-bond donors (Lipinski definition) is 3. The van der Waals surface area contributed by atoms with E-state index in [9.17, 15) is 43.2 Å². The van der Waals surface area contributed by atoms with Crippen LogP contribution in [0.5, 0.6) is 0 Å². The summed E-state index contributed by atoms with van der Waals surface area (Å²) in [7, 11) is -9.92. The summed E-state index contributed by atoms with van der Waals surface area (Å²) in [6.07, 6.45) is 52.8. The zero-order valence-corrected chi connectivity index (χ0v) is 65.5. The zero-order valence-electron chi connectivity index (χ0n) is 63.7. The van der Waals surface area contributed by atoms with E-state index in [2.05, 4.69) is 55.4 Å². The Bertz CT molecular complexity index is 1900. The molecule has 6 atom stereocenters. The van der Waals surface area contributed by atoms with Gasteiger partial charge in [-0.1, -0.05) is 344 Å². The van der Waals surface area contributed by atoms with Crippen LogP contribution < -0.4 is 0 Å². The monoisotopic (exact) mass is 1420 g/mol. The summed E-state index contributed by atoms with van der Waals surface area (Å²) in [5.74, 6) is 0.967. The van der Waals surface area contributed by atoms with Crippen LogP contribution in [0.2, 0.25) is 0 Å². The number of carbonyl (C=O) groups excluding carboxylic acids is 4. The standard InChI is InChI=1S/C78H152O17P2/c1-9-71(8)57-49-41-33-25-19-15-11-13-16-20-26-34-42-50-58-75(80)88-64-73(95-78(83)61-53-45-36-28-22-24-31-39-47-55-69(4)5)66-92-96(84,85)90-62-72(79)63-91-97(86,87)93-67-74(65-89-76(81)59-51-43-37-29-32-40-48-56-70(6)7)94-77(82)60-52-44-35-27-21-17-12-10-14-18-23-30-38-46-54-68(2)3/h68-74,79H,9-67H2,1-8H3,(H,84,85)(H,86,87)/t71?,72?,73-,74-/m1/s1. The topological polar surface area (TPSA) is 237 Å². The van der Waals surface area contributed by atoms with Crippen molar-refractivity contribution in [2.75, 3.05) is 39.6 Å². The van der Waals surface area contributed by atoms with Crippen LogP contribution in [0.3, 0.4) is 0 Å². The van der Waals surface area contributed by atoms with Gasteiger partial charge in [-0.3, -0.25) is 37.3 Å².